The fourth-order valence-electron chi connectivity index (χ4n) is 2.75. The third-order valence-corrected chi connectivity index (χ3v) is 4.23. The van der Waals surface area contributed by atoms with Crippen LogP contribution in [0.2, 0.25) is 0 Å². The summed E-state index contributed by atoms with van der Waals surface area (Å²) in [6, 6.07) is 9.85. The van der Waals surface area contributed by atoms with E-state index in [0.29, 0.717) is 6.61 Å². The summed E-state index contributed by atoms with van der Waals surface area (Å²) in [5, 5.41) is 0. The summed E-state index contributed by atoms with van der Waals surface area (Å²) in [6.07, 6.45) is 5.85. The molecule has 2 atom stereocenters. The van der Waals surface area contributed by atoms with Crippen molar-refractivity contribution in [3.05, 3.63) is 35.9 Å². The van der Waals surface area contributed by atoms with Crippen molar-refractivity contribution in [2.24, 2.45) is 5.92 Å². The zero-order valence-electron chi connectivity index (χ0n) is 14.7. The fourth-order valence-corrected chi connectivity index (χ4v) is 2.75. The van der Waals surface area contributed by atoms with Gasteiger partial charge in [-0.25, -0.2) is 0 Å². The Bertz CT molecular complexity index is 467. The molecule has 0 fully saturated rings. The average molecular weight is 318 g/mol. The second-order valence-electron chi connectivity index (χ2n) is 6.29. The summed E-state index contributed by atoms with van der Waals surface area (Å²) in [5.74, 6) is -0.636. The Balaban J connectivity index is 2.56. The maximum absolute atomic E-state index is 12.4. The highest BCUT2D eigenvalue weighted by Gasteiger charge is 2.28. The van der Waals surface area contributed by atoms with Gasteiger partial charge < -0.3 is 9.53 Å². The molecule has 0 aromatic heterocycles. The third kappa shape index (κ3) is 7.45. The van der Waals surface area contributed by atoms with Crippen molar-refractivity contribution in [2.75, 3.05) is 6.61 Å². The molecule has 0 heterocycles. The molecule has 0 aliphatic rings. The summed E-state index contributed by atoms with van der Waals surface area (Å²) >= 11 is 0. The van der Waals surface area contributed by atoms with Crippen LogP contribution in [-0.4, -0.2) is 18.4 Å². The highest BCUT2D eigenvalue weighted by molar-refractivity contribution is 5.83. The molecule has 0 aliphatic carbocycles. The molecule has 0 radical (unpaired) electrons. The normalized spacial score (nSPS) is 13.3. The van der Waals surface area contributed by atoms with Crippen LogP contribution in [0.15, 0.2) is 30.3 Å². The van der Waals surface area contributed by atoms with E-state index in [4.69, 9.17) is 4.74 Å². The van der Waals surface area contributed by atoms with Gasteiger partial charge in [-0.1, -0.05) is 69.9 Å². The maximum Gasteiger partial charge on any atom is 0.309 e. The lowest BCUT2D eigenvalue weighted by molar-refractivity contribution is -0.151. The van der Waals surface area contributed by atoms with Crippen molar-refractivity contribution >= 4 is 11.8 Å². The summed E-state index contributed by atoms with van der Waals surface area (Å²) in [4.78, 5) is 23.9. The van der Waals surface area contributed by atoms with Crippen LogP contribution in [0.25, 0.3) is 0 Å². The van der Waals surface area contributed by atoms with Gasteiger partial charge in [0, 0.05) is 6.42 Å². The average Bonchev–Trinajstić information content (AvgIpc) is 2.55. The molecule has 2 unspecified atom stereocenters. The zero-order chi connectivity index (χ0) is 17.1. The lowest BCUT2D eigenvalue weighted by Gasteiger charge is -2.22. The molecule has 0 bridgehead atoms. The van der Waals surface area contributed by atoms with E-state index in [0.717, 1.165) is 18.4 Å². The molecule has 0 saturated heterocycles. The van der Waals surface area contributed by atoms with E-state index in [1.165, 1.54) is 26.2 Å². The number of carbonyl (C=O) groups is 2. The zero-order valence-corrected chi connectivity index (χ0v) is 14.7. The van der Waals surface area contributed by atoms with Crippen molar-refractivity contribution in [3.8, 4) is 0 Å². The van der Waals surface area contributed by atoms with Crippen molar-refractivity contribution in [1.82, 2.24) is 0 Å². The summed E-state index contributed by atoms with van der Waals surface area (Å²) in [7, 11) is 0. The Hall–Kier alpha value is -1.64. The van der Waals surface area contributed by atoms with Crippen LogP contribution in [0.1, 0.15) is 70.8 Å². The largest absolute Gasteiger partial charge is 0.465 e. The summed E-state index contributed by atoms with van der Waals surface area (Å²) in [6.45, 7) is 6.16. The molecule has 0 aliphatic heterocycles. The second kappa shape index (κ2) is 11.0. The number of hydrogen-bond donors (Lipinski definition) is 0. The number of ketones is 1. The van der Waals surface area contributed by atoms with E-state index in [1.807, 2.05) is 37.3 Å². The van der Waals surface area contributed by atoms with Crippen LogP contribution in [0.4, 0.5) is 0 Å². The van der Waals surface area contributed by atoms with Gasteiger partial charge in [0.25, 0.3) is 0 Å². The molecule has 3 heteroatoms. The smallest absolute Gasteiger partial charge is 0.309 e. The first-order valence-electron chi connectivity index (χ1n) is 8.77. The standard InChI is InChI=1S/C20H30O3/c1-4-5-6-7-11-14-23-20(22)19(15-16(2)21)17(3)18-12-9-8-10-13-18/h8-10,12-13,17,19H,4-7,11,14-15H2,1-3H3. The lowest BCUT2D eigenvalue weighted by atomic mass is 9.84. The number of rotatable bonds is 11. The van der Waals surface area contributed by atoms with E-state index < -0.39 is 5.92 Å². The molecule has 3 nitrogen and oxygen atoms in total. The molecule has 1 rings (SSSR count). The molecule has 1 aromatic rings. The van der Waals surface area contributed by atoms with Gasteiger partial charge in [-0.15, -0.1) is 0 Å². The molecular weight excluding hydrogens is 288 g/mol. The van der Waals surface area contributed by atoms with E-state index in [1.54, 1.807) is 0 Å². The minimum absolute atomic E-state index is 0.0207. The number of carbonyl (C=O) groups excluding carboxylic acids is 2. The molecule has 128 valence electrons. The molecular formula is C20H30O3. The number of esters is 1. The van der Waals surface area contributed by atoms with Crippen molar-refractivity contribution < 1.29 is 14.3 Å². The topological polar surface area (TPSA) is 43.4 Å². The predicted octanol–water partition coefficient (Wildman–Crippen LogP) is 4.90. The highest BCUT2D eigenvalue weighted by Crippen LogP contribution is 2.28. The molecule has 0 spiro atoms. The second-order valence-corrected chi connectivity index (χ2v) is 6.29. The van der Waals surface area contributed by atoms with Crippen LogP contribution in [0.3, 0.4) is 0 Å². The van der Waals surface area contributed by atoms with Gasteiger partial charge in [0.2, 0.25) is 0 Å². The SMILES string of the molecule is CCCCCCCOC(=O)C(CC(C)=O)C(C)c1ccccc1. The number of unbranched alkanes of at least 4 members (excludes halogenated alkanes) is 4. The van der Waals surface area contributed by atoms with Gasteiger partial charge in [0.15, 0.2) is 0 Å². The van der Waals surface area contributed by atoms with Gasteiger partial charge in [0.1, 0.15) is 5.78 Å². The predicted molar refractivity (Wildman–Crippen MR) is 93.4 cm³/mol. The van der Waals surface area contributed by atoms with Crippen LogP contribution in [0, 0.1) is 5.92 Å². The molecule has 23 heavy (non-hydrogen) atoms. The first-order chi connectivity index (χ1) is 11.1. The van der Waals surface area contributed by atoms with Crippen LogP contribution in [0.5, 0.6) is 0 Å². The van der Waals surface area contributed by atoms with Crippen molar-refractivity contribution in [1.29, 1.82) is 0 Å². The number of hydrogen-bond acceptors (Lipinski definition) is 3. The van der Waals surface area contributed by atoms with Crippen LogP contribution >= 0.6 is 0 Å². The Labute approximate surface area is 140 Å². The van der Waals surface area contributed by atoms with Gasteiger partial charge in [-0.2, -0.15) is 0 Å². The molecule has 0 N–H and O–H groups in total. The number of ether oxygens (including phenoxy) is 1. The Morgan fingerprint density at radius 3 is 2.30 bits per heavy atom. The Morgan fingerprint density at radius 1 is 1.04 bits per heavy atom. The Morgan fingerprint density at radius 2 is 1.70 bits per heavy atom. The highest BCUT2D eigenvalue weighted by atomic mass is 16.5. The quantitative estimate of drug-likeness (QED) is 0.430. The molecule has 0 amide bonds. The van der Waals surface area contributed by atoms with Crippen LogP contribution < -0.4 is 0 Å². The van der Waals surface area contributed by atoms with Gasteiger partial charge in [-0.3, -0.25) is 4.79 Å². The summed E-state index contributed by atoms with van der Waals surface area (Å²) < 4.78 is 5.44. The van der Waals surface area contributed by atoms with Gasteiger partial charge >= 0.3 is 5.97 Å². The van der Waals surface area contributed by atoms with E-state index >= 15 is 0 Å². The van der Waals surface area contributed by atoms with Crippen molar-refractivity contribution in [2.45, 2.75) is 65.2 Å². The first-order valence-corrected chi connectivity index (χ1v) is 8.77. The monoisotopic (exact) mass is 318 g/mol. The maximum atomic E-state index is 12.4. The number of Topliss-reactive ketones (excluding diaryl/α,β-unsaturated/α-hetero) is 1. The van der Waals surface area contributed by atoms with Gasteiger partial charge in [-0.05, 0) is 24.8 Å². The minimum Gasteiger partial charge on any atom is -0.465 e. The van der Waals surface area contributed by atoms with E-state index in [9.17, 15) is 9.59 Å². The van der Waals surface area contributed by atoms with E-state index in [-0.39, 0.29) is 24.1 Å². The van der Waals surface area contributed by atoms with Gasteiger partial charge in [0.05, 0.1) is 12.5 Å². The molecule has 1 aromatic carbocycles. The third-order valence-electron chi connectivity index (χ3n) is 4.23. The van der Waals surface area contributed by atoms with Crippen molar-refractivity contribution in [3.63, 3.8) is 0 Å². The molecule has 0 saturated carbocycles. The lowest BCUT2D eigenvalue weighted by Crippen LogP contribution is -2.25. The first kappa shape index (κ1) is 19.4. The van der Waals surface area contributed by atoms with Crippen LogP contribution in [-0.2, 0) is 14.3 Å². The summed E-state index contributed by atoms with van der Waals surface area (Å²) in [5.41, 5.74) is 1.07. The Kier molecular flexibility index (Phi) is 9.27. The number of benzene rings is 1. The fraction of sp³-hybridized carbons (Fsp3) is 0.600. The minimum atomic E-state index is -0.398. The van der Waals surface area contributed by atoms with E-state index in [2.05, 4.69) is 6.92 Å².